The second-order valence-corrected chi connectivity index (χ2v) is 9.41. The fraction of sp³-hybridized carbons (Fsp3) is 0.444. The van der Waals surface area contributed by atoms with E-state index >= 15 is 0 Å². The van der Waals surface area contributed by atoms with Gasteiger partial charge in [-0.2, -0.15) is 0 Å². The van der Waals surface area contributed by atoms with Crippen LogP contribution in [0.5, 0.6) is 0 Å². The van der Waals surface area contributed by atoms with Gasteiger partial charge in [0.1, 0.15) is 6.61 Å². The Bertz CT molecular complexity index is 1020. The molecule has 180 valence electrons. The largest absolute Gasteiger partial charge is 0.481 e. The van der Waals surface area contributed by atoms with Gasteiger partial charge in [0.25, 0.3) is 0 Å². The quantitative estimate of drug-likeness (QED) is 0.633. The van der Waals surface area contributed by atoms with E-state index in [-0.39, 0.29) is 36.4 Å². The molecule has 4 rings (SSSR count). The van der Waals surface area contributed by atoms with E-state index in [1.54, 1.807) is 4.90 Å². The van der Waals surface area contributed by atoms with Crippen LogP contribution in [0.15, 0.2) is 48.5 Å². The molecule has 1 aliphatic heterocycles. The molecule has 2 amide bonds. The number of alkyl carbamates (subject to hydrolysis) is 1. The van der Waals surface area contributed by atoms with Gasteiger partial charge in [-0.05, 0) is 55.4 Å². The number of carboxylic acid groups (broad SMARTS) is 1. The first kappa shape index (κ1) is 23.8. The molecule has 1 aliphatic carbocycles. The van der Waals surface area contributed by atoms with Crippen LogP contribution in [0, 0.1) is 5.92 Å². The van der Waals surface area contributed by atoms with Gasteiger partial charge >= 0.3 is 12.1 Å². The number of nitrogens with one attached hydrogen (secondary N) is 1. The minimum absolute atomic E-state index is 0.00229. The molecule has 1 fully saturated rings. The number of aliphatic carboxylic acids is 1. The van der Waals surface area contributed by atoms with Crippen LogP contribution in [-0.2, 0) is 14.3 Å². The molecule has 7 nitrogen and oxygen atoms in total. The lowest BCUT2D eigenvalue weighted by Crippen LogP contribution is -2.46. The van der Waals surface area contributed by atoms with E-state index in [0.29, 0.717) is 32.2 Å². The highest BCUT2D eigenvalue weighted by Crippen LogP contribution is 2.44. The van der Waals surface area contributed by atoms with Crippen molar-refractivity contribution in [2.75, 3.05) is 13.2 Å². The summed E-state index contributed by atoms with van der Waals surface area (Å²) in [6.07, 6.45) is 1.27. The van der Waals surface area contributed by atoms with E-state index in [2.05, 4.69) is 29.6 Å². The summed E-state index contributed by atoms with van der Waals surface area (Å²) in [7, 11) is 0. The van der Waals surface area contributed by atoms with Crippen LogP contribution < -0.4 is 5.32 Å². The van der Waals surface area contributed by atoms with Gasteiger partial charge in [0.15, 0.2) is 0 Å². The number of rotatable bonds is 7. The van der Waals surface area contributed by atoms with Crippen LogP contribution in [0.25, 0.3) is 11.1 Å². The molecule has 2 aliphatic rings. The normalized spacial score (nSPS) is 20.2. The Labute approximate surface area is 200 Å². The first-order valence-electron chi connectivity index (χ1n) is 12.0. The Balaban J connectivity index is 1.24. The molecular weight excluding hydrogens is 432 g/mol. The molecule has 1 heterocycles. The predicted molar refractivity (Wildman–Crippen MR) is 128 cm³/mol. The zero-order valence-corrected chi connectivity index (χ0v) is 19.7. The number of carbonyl (C=O) groups excluding carboxylic acids is 2. The van der Waals surface area contributed by atoms with Gasteiger partial charge < -0.3 is 20.1 Å². The topological polar surface area (TPSA) is 95.9 Å². The number of hydrogen-bond donors (Lipinski definition) is 2. The van der Waals surface area contributed by atoms with Gasteiger partial charge in [-0.25, -0.2) is 4.79 Å². The third-order valence-corrected chi connectivity index (χ3v) is 7.04. The van der Waals surface area contributed by atoms with E-state index < -0.39 is 12.1 Å². The summed E-state index contributed by atoms with van der Waals surface area (Å²) < 4.78 is 5.58. The summed E-state index contributed by atoms with van der Waals surface area (Å²) in [6.45, 7) is 4.47. The van der Waals surface area contributed by atoms with Crippen molar-refractivity contribution in [3.05, 3.63) is 59.7 Å². The Morgan fingerprint density at radius 2 is 1.71 bits per heavy atom. The van der Waals surface area contributed by atoms with Crippen LogP contribution in [0.1, 0.15) is 56.6 Å². The lowest BCUT2D eigenvalue weighted by molar-refractivity contribution is -0.147. The monoisotopic (exact) mass is 464 g/mol. The molecule has 34 heavy (non-hydrogen) atoms. The number of nitrogens with zero attached hydrogens (tertiary/aromatic N) is 1. The Hall–Kier alpha value is -3.35. The minimum Gasteiger partial charge on any atom is -0.481 e. The smallest absolute Gasteiger partial charge is 0.407 e. The summed E-state index contributed by atoms with van der Waals surface area (Å²) in [5.41, 5.74) is 4.69. The first-order valence-corrected chi connectivity index (χ1v) is 12.0. The molecule has 7 heteroatoms. The molecule has 0 saturated carbocycles. The lowest BCUT2D eigenvalue weighted by Gasteiger charge is -2.36. The Kier molecular flexibility index (Phi) is 7.20. The van der Waals surface area contributed by atoms with E-state index in [9.17, 15) is 19.5 Å². The Morgan fingerprint density at radius 1 is 1.09 bits per heavy atom. The number of amides is 2. The van der Waals surface area contributed by atoms with E-state index in [4.69, 9.17) is 4.74 Å². The summed E-state index contributed by atoms with van der Waals surface area (Å²) >= 11 is 0. The number of carbonyl (C=O) groups is 3. The highest BCUT2D eigenvalue weighted by atomic mass is 16.5. The van der Waals surface area contributed by atoms with Crippen molar-refractivity contribution < 1.29 is 24.2 Å². The third-order valence-electron chi connectivity index (χ3n) is 7.04. The number of piperidine rings is 1. The maximum absolute atomic E-state index is 12.6. The summed E-state index contributed by atoms with van der Waals surface area (Å²) in [6, 6.07) is 16.1. The van der Waals surface area contributed by atoms with Gasteiger partial charge in [0.2, 0.25) is 5.91 Å². The highest BCUT2D eigenvalue weighted by Gasteiger charge is 2.32. The maximum atomic E-state index is 12.6. The number of likely N-dealkylation sites (tertiary alicyclic amines) is 1. The van der Waals surface area contributed by atoms with Gasteiger partial charge in [-0.15, -0.1) is 0 Å². The summed E-state index contributed by atoms with van der Waals surface area (Å²) in [5.74, 6) is -1.17. The standard InChI is InChI=1S/C27H32N2O5/c1-17(11-12-25(30)29-14-13-19(26(31)32)15-18(29)2)28-27(33)34-16-24-22-9-5-3-7-20(22)21-8-4-6-10-23(21)24/h3-10,17-19,24H,11-16H2,1-2H3,(H,28,33)(H,31,32). The van der Waals surface area contributed by atoms with Crippen LogP contribution in [-0.4, -0.2) is 53.2 Å². The Morgan fingerprint density at radius 3 is 2.29 bits per heavy atom. The van der Waals surface area contributed by atoms with Gasteiger partial charge in [0, 0.05) is 31.0 Å². The molecule has 1 saturated heterocycles. The fourth-order valence-corrected chi connectivity index (χ4v) is 5.16. The zero-order valence-electron chi connectivity index (χ0n) is 19.7. The van der Waals surface area contributed by atoms with Crippen molar-refractivity contribution in [2.45, 2.75) is 57.5 Å². The second-order valence-electron chi connectivity index (χ2n) is 9.41. The van der Waals surface area contributed by atoms with Crippen molar-refractivity contribution in [2.24, 2.45) is 5.92 Å². The van der Waals surface area contributed by atoms with Gasteiger partial charge in [0.05, 0.1) is 5.92 Å². The van der Waals surface area contributed by atoms with Crippen molar-refractivity contribution in [1.82, 2.24) is 10.2 Å². The van der Waals surface area contributed by atoms with Gasteiger partial charge in [-0.3, -0.25) is 9.59 Å². The van der Waals surface area contributed by atoms with E-state index in [1.165, 1.54) is 11.1 Å². The molecule has 3 unspecified atom stereocenters. The average Bonchev–Trinajstić information content (AvgIpc) is 3.15. The summed E-state index contributed by atoms with van der Waals surface area (Å²) in [4.78, 5) is 38.1. The number of benzene rings is 2. The molecule has 0 spiro atoms. The van der Waals surface area contributed by atoms with E-state index in [1.807, 2.05) is 38.1 Å². The average molecular weight is 465 g/mol. The summed E-state index contributed by atoms with van der Waals surface area (Å²) in [5, 5.41) is 12.0. The number of fused-ring (bicyclic) bond motifs is 3. The SMILES string of the molecule is CC(CCC(=O)N1CCC(C(=O)O)CC1C)NC(=O)OCC1c2ccccc2-c2ccccc21. The molecule has 0 bridgehead atoms. The van der Waals surface area contributed by atoms with Crippen LogP contribution in [0.4, 0.5) is 4.79 Å². The zero-order chi connectivity index (χ0) is 24.2. The molecular formula is C27H32N2O5. The molecule has 0 aromatic heterocycles. The van der Waals surface area contributed by atoms with Crippen LogP contribution in [0.3, 0.4) is 0 Å². The van der Waals surface area contributed by atoms with Crippen LogP contribution in [0.2, 0.25) is 0 Å². The first-order chi connectivity index (χ1) is 16.3. The lowest BCUT2D eigenvalue weighted by atomic mass is 9.91. The number of hydrogen-bond acceptors (Lipinski definition) is 4. The maximum Gasteiger partial charge on any atom is 0.407 e. The molecule has 2 N–H and O–H groups in total. The fourth-order valence-electron chi connectivity index (χ4n) is 5.16. The van der Waals surface area contributed by atoms with Crippen molar-refractivity contribution in [1.29, 1.82) is 0 Å². The second kappa shape index (κ2) is 10.3. The number of ether oxygens (including phenoxy) is 1. The minimum atomic E-state index is -0.792. The van der Waals surface area contributed by atoms with Crippen molar-refractivity contribution in [3.63, 3.8) is 0 Å². The predicted octanol–water partition coefficient (Wildman–Crippen LogP) is 4.41. The third kappa shape index (κ3) is 5.08. The molecule has 2 aromatic carbocycles. The molecule has 3 atom stereocenters. The molecule has 0 radical (unpaired) electrons. The van der Waals surface area contributed by atoms with Crippen LogP contribution >= 0.6 is 0 Å². The van der Waals surface area contributed by atoms with Gasteiger partial charge in [-0.1, -0.05) is 48.5 Å². The number of carboxylic acids is 1. The molecule has 2 aromatic rings. The van der Waals surface area contributed by atoms with Crippen molar-refractivity contribution >= 4 is 18.0 Å². The highest BCUT2D eigenvalue weighted by molar-refractivity contribution is 5.79. The van der Waals surface area contributed by atoms with Crippen molar-refractivity contribution in [3.8, 4) is 11.1 Å². The van der Waals surface area contributed by atoms with E-state index in [0.717, 1.165) is 11.1 Å².